The van der Waals surface area contributed by atoms with Crippen molar-refractivity contribution in [1.82, 2.24) is 4.31 Å². The first-order valence-corrected chi connectivity index (χ1v) is 11.6. The van der Waals surface area contributed by atoms with Crippen molar-refractivity contribution >= 4 is 21.6 Å². The molecule has 0 unspecified atom stereocenters. The SMILES string of the molecule is CCOc1ccc(NC(=O)C2CCN(S(=O)(=O)c3ccc(OCC)cc3)CC2)cc1. The van der Waals surface area contributed by atoms with Crippen molar-refractivity contribution < 1.29 is 22.7 Å². The number of sulfonamides is 1. The van der Waals surface area contributed by atoms with E-state index in [1.165, 1.54) is 4.31 Å². The largest absolute Gasteiger partial charge is 0.494 e. The van der Waals surface area contributed by atoms with Gasteiger partial charge in [0.2, 0.25) is 15.9 Å². The van der Waals surface area contributed by atoms with Crippen LogP contribution in [0.25, 0.3) is 0 Å². The lowest BCUT2D eigenvalue weighted by atomic mass is 9.97. The van der Waals surface area contributed by atoms with Crippen LogP contribution in [0, 0.1) is 5.92 Å². The number of benzene rings is 2. The Morgan fingerprint density at radius 1 is 0.933 bits per heavy atom. The minimum Gasteiger partial charge on any atom is -0.494 e. The average Bonchev–Trinajstić information content (AvgIpc) is 2.76. The van der Waals surface area contributed by atoms with E-state index in [2.05, 4.69) is 5.32 Å². The number of nitrogens with zero attached hydrogens (tertiary/aromatic N) is 1. The molecule has 2 aromatic rings. The normalized spacial score (nSPS) is 15.5. The van der Waals surface area contributed by atoms with Crippen molar-refractivity contribution in [3.8, 4) is 11.5 Å². The average molecular weight is 433 g/mol. The lowest BCUT2D eigenvalue weighted by Gasteiger charge is -2.30. The highest BCUT2D eigenvalue weighted by Gasteiger charge is 2.32. The van der Waals surface area contributed by atoms with Crippen LogP contribution < -0.4 is 14.8 Å². The van der Waals surface area contributed by atoms with Gasteiger partial charge >= 0.3 is 0 Å². The molecule has 0 radical (unpaired) electrons. The smallest absolute Gasteiger partial charge is 0.243 e. The van der Waals surface area contributed by atoms with Gasteiger partial charge in [0, 0.05) is 24.7 Å². The zero-order valence-corrected chi connectivity index (χ0v) is 18.2. The lowest BCUT2D eigenvalue weighted by Crippen LogP contribution is -2.41. The Labute approximate surface area is 178 Å². The van der Waals surface area contributed by atoms with E-state index in [0.29, 0.717) is 50.6 Å². The van der Waals surface area contributed by atoms with Gasteiger partial charge in [0.1, 0.15) is 11.5 Å². The van der Waals surface area contributed by atoms with E-state index < -0.39 is 10.0 Å². The van der Waals surface area contributed by atoms with E-state index in [-0.39, 0.29) is 16.7 Å². The van der Waals surface area contributed by atoms with E-state index >= 15 is 0 Å². The fourth-order valence-electron chi connectivity index (χ4n) is 3.43. The van der Waals surface area contributed by atoms with Crippen molar-refractivity contribution in [2.24, 2.45) is 5.92 Å². The summed E-state index contributed by atoms with van der Waals surface area (Å²) in [5, 5.41) is 2.91. The van der Waals surface area contributed by atoms with Crippen LogP contribution in [-0.2, 0) is 14.8 Å². The molecule has 1 N–H and O–H groups in total. The second-order valence-electron chi connectivity index (χ2n) is 7.03. The Kier molecular flexibility index (Phi) is 7.33. The van der Waals surface area contributed by atoms with Crippen LogP contribution in [0.1, 0.15) is 26.7 Å². The lowest BCUT2D eigenvalue weighted by molar-refractivity contribution is -0.120. The van der Waals surface area contributed by atoms with Crippen molar-refractivity contribution in [1.29, 1.82) is 0 Å². The summed E-state index contributed by atoms with van der Waals surface area (Å²) in [7, 11) is -3.58. The van der Waals surface area contributed by atoms with E-state index in [0.717, 1.165) is 5.75 Å². The maximum absolute atomic E-state index is 12.9. The summed E-state index contributed by atoms with van der Waals surface area (Å²) in [6.45, 7) is 5.54. The second-order valence-corrected chi connectivity index (χ2v) is 8.97. The highest BCUT2D eigenvalue weighted by molar-refractivity contribution is 7.89. The fraction of sp³-hybridized carbons (Fsp3) is 0.409. The molecule has 0 aliphatic carbocycles. The van der Waals surface area contributed by atoms with Gasteiger partial charge in [-0.25, -0.2) is 8.42 Å². The molecule has 1 amide bonds. The van der Waals surface area contributed by atoms with Gasteiger partial charge in [-0.15, -0.1) is 0 Å². The number of amides is 1. The molecule has 7 nitrogen and oxygen atoms in total. The maximum atomic E-state index is 12.9. The van der Waals surface area contributed by atoms with Gasteiger partial charge in [0.15, 0.2) is 0 Å². The standard InChI is InChI=1S/C22H28N2O5S/c1-3-28-19-7-5-18(6-8-19)23-22(25)17-13-15-24(16-14-17)30(26,27)21-11-9-20(10-12-21)29-4-2/h5-12,17H,3-4,13-16H2,1-2H3,(H,23,25). The molecule has 0 spiro atoms. The molecule has 0 atom stereocenters. The quantitative estimate of drug-likeness (QED) is 0.690. The van der Waals surface area contributed by atoms with Gasteiger partial charge in [-0.05, 0) is 75.2 Å². The minimum absolute atomic E-state index is 0.0859. The zero-order valence-electron chi connectivity index (χ0n) is 17.3. The second kappa shape index (κ2) is 9.95. The van der Waals surface area contributed by atoms with Crippen LogP contribution in [0.4, 0.5) is 5.69 Å². The molecule has 0 aromatic heterocycles. The minimum atomic E-state index is -3.58. The number of ether oxygens (including phenoxy) is 2. The van der Waals surface area contributed by atoms with Gasteiger partial charge < -0.3 is 14.8 Å². The van der Waals surface area contributed by atoms with Crippen LogP contribution in [0.5, 0.6) is 11.5 Å². The molecule has 1 heterocycles. The Bertz CT molecular complexity index is 934. The maximum Gasteiger partial charge on any atom is 0.243 e. The van der Waals surface area contributed by atoms with Crippen molar-refractivity contribution in [2.45, 2.75) is 31.6 Å². The number of rotatable bonds is 8. The summed E-state index contributed by atoms with van der Waals surface area (Å²) in [6.07, 6.45) is 0.970. The molecule has 0 saturated carbocycles. The Morgan fingerprint density at radius 2 is 1.43 bits per heavy atom. The number of nitrogens with one attached hydrogen (secondary N) is 1. The summed E-state index contributed by atoms with van der Waals surface area (Å²) in [5.74, 6) is 1.09. The summed E-state index contributed by atoms with van der Waals surface area (Å²) in [4.78, 5) is 12.8. The molecule has 162 valence electrons. The molecule has 8 heteroatoms. The topological polar surface area (TPSA) is 84.9 Å². The van der Waals surface area contributed by atoms with Gasteiger partial charge in [-0.1, -0.05) is 0 Å². The monoisotopic (exact) mass is 432 g/mol. The number of anilines is 1. The van der Waals surface area contributed by atoms with Crippen molar-refractivity contribution in [3.05, 3.63) is 48.5 Å². The molecule has 1 aliphatic rings. The number of hydrogen-bond donors (Lipinski definition) is 1. The highest BCUT2D eigenvalue weighted by Crippen LogP contribution is 2.26. The molecule has 3 rings (SSSR count). The predicted octanol–water partition coefficient (Wildman–Crippen LogP) is 3.52. The third kappa shape index (κ3) is 5.31. The fourth-order valence-corrected chi connectivity index (χ4v) is 4.90. The van der Waals surface area contributed by atoms with Gasteiger partial charge in [-0.2, -0.15) is 4.31 Å². The number of hydrogen-bond acceptors (Lipinski definition) is 5. The summed E-state index contributed by atoms with van der Waals surface area (Å²) in [5.41, 5.74) is 0.702. The predicted molar refractivity (Wildman–Crippen MR) is 115 cm³/mol. The van der Waals surface area contributed by atoms with Gasteiger partial charge in [-0.3, -0.25) is 4.79 Å². The van der Waals surface area contributed by atoms with E-state index in [4.69, 9.17) is 9.47 Å². The number of carbonyl (C=O) groups is 1. The van der Waals surface area contributed by atoms with Crippen LogP contribution in [0.2, 0.25) is 0 Å². The zero-order chi connectivity index (χ0) is 21.6. The van der Waals surface area contributed by atoms with E-state index in [1.807, 2.05) is 26.0 Å². The number of carbonyl (C=O) groups excluding carboxylic acids is 1. The third-order valence-corrected chi connectivity index (χ3v) is 6.94. The Morgan fingerprint density at radius 3 is 1.93 bits per heavy atom. The summed E-state index contributed by atoms with van der Waals surface area (Å²) in [6, 6.07) is 13.7. The van der Waals surface area contributed by atoms with Gasteiger partial charge in [0.25, 0.3) is 0 Å². The van der Waals surface area contributed by atoms with Gasteiger partial charge in [0.05, 0.1) is 18.1 Å². The van der Waals surface area contributed by atoms with E-state index in [9.17, 15) is 13.2 Å². The van der Waals surface area contributed by atoms with Crippen LogP contribution in [0.3, 0.4) is 0 Å². The molecule has 1 saturated heterocycles. The number of piperidine rings is 1. The Hall–Kier alpha value is -2.58. The highest BCUT2D eigenvalue weighted by atomic mass is 32.2. The van der Waals surface area contributed by atoms with E-state index in [1.54, 1.807) is 36.4 Å². The van der Waals surface area contributed by atoms with Crippen LogP contribution in [0.15, 0.2) is 53.4 Å². The molecular formula is C22H28N2O5S. The van der Waals surface area contributed by atoms with Crippen LogP contribution in [-0.4, -0.2) is 44.9 Å². The summed E-state index contributed by atoms with van der Waals surface area (Å²) >= 11 is 0. The summed E-state index contributed by atoms with van der Waals surface area (Å²) < 4.78 is 38.0. The van der Waals surface area contributed by atoms with Crippen LogP contribution >= 0.6 is 0 Å². The molecule has 1 fully saturated rings. The van der Waals surface area contributed by atoms with Crippen molar-refractivity contribution in [2.75, 3.05) is 31.6 Å². The molecule has 1 aliphatic heterocycles. The third-order valence-electron chi connectivity index (χ3n) is 5.03. The first-order valence-electron chi connectivity index (χ1n) is 10.2. The first-order chi connectivity index (χ1) is 14.4. The molecule has 30 heavy (non-hydrogen) atoms. The van der Waals surface area contributed by atoms with Crippen molar-refractivity contribution in [3.63, 3.8) is 0 Å². The first kappa shape index (κ1) is 22.1. The Balaban J connectivity index is 1.56. The molecule has 0 bridgehead atoms. The molecule has 2 aromatic carbocycles. The molecular weight excluding hydrogens is 404 g/mol.